The zero-order valence-electron chi connectivity index (χ0n) is 23.8. The number of aryl methyl sites for hydroxylation is 4. The number of ether oxygens (including phenoxy) is 1. The maximum atomic E-state index is 14.1. The number of fused-ring (bicyclic) bond motifs is 2. The van der Waals surface area contributed by atoms with Crippen LogP contribution >= 0.6 is 0 Å². The van der Waals surface area contributed by atoms with Gasteiger partial charge in [-0.15, -0.1) is 0 Å². The first-order chi connectivity index (χ1) is 20.3. The summed E-state index contributed by atoms with van der Waals surface area (Å²) in [7, 11) is 0. The molecule has 0 aliphatic carbocycles. The number of rotatable bonds is 3. The lowest BCUT2D eigenvalue weighted by molar-refractivity contribution is 0.0893. The van der Waals surface area contributed by atoms with Crippen LogP contribution in [0.5, 0.6) is 11.5 Å². The van der Waals surface area contributed by atoms with Crippen molar-refractivity contribution in [3.05, 3.63) is 124 Å². The molecule has 0 aromatic heterocycles. The molecule has 0 fully saturated rings. The van der Waals surface area contributed by atoms with E-state index in [4.69, 9.17) is 4.74 Å². The Morgan fingerprint density at radius 1 is 0.524 bits per heavy atom. The topological polar surface area (TPSA) is 46.6 Å². The fraction of sp³-hybridized carbons (Fsp3) is 0.105. The summed E-state index contributed by atoms with van der Waals surface area (Å²) in [6.45, 7) is 8.00. The first kappa shape index (κ1) is 24.6. The van der Waals surface area contributed by atoms with Gasteiger partial charge in [-0.2, -0.15) is 0 Å². The van der Waals surface area contributed by atoms with Gasteiger partial charge in [0.05, 0.1) is 5.69 Å². The smallest absolute Gasteiger partial charge is 0.266 e. The van der Waals surface area contributed by atoms with Crippen LogP contribution in [0, 0.1) is 27.7 Å². The number of nitrogens with zero attached hydrogens (tertiary/aromatic N) is 1. The zero-order chi connectivity index (χ0) is 28.9. The van der Waals surface area contributed by atoms with Crippen molar-refractivity contribution >= 4 is 60.6 Å². The molecule has 8 rings (SSSR count). The van der Waals surface area contributed by atoms with E-state index in [0.717, 1.165) is 71.3 Å². The number of carbonyl (C=O) groups is 2. The van der Waals surface area contributed by atoms with Crippen molar-refractivity contribution < 1.29 is 14.3 Å². The highest BCUT2D eigenvalue weighted by molar-refractivity contribution is 6.42. The van der Waals surface area contributed by atoms with E-state index >= 15 is 0 Å². The average Bonchev–Trinajstić information content (AvgIpc) is 2.97. The van der Waals surface area contributed by atoms with E-state index < -0.39 is 0 Å². The lowest BCUT2D eigenvalue weighted by atomic mass is 9.84. The van der Waals surface area contributed by atoms with Gasteiger partial charge in [0.2, 0.25) is 0 Å². The second-order valence-corrected chi connectivity index (χ2v) is 11.5. The summed E-state index contributed by atoms with van der Waals surface area (Å²) in [5.74, 6) is 1.02. The fourth-order valence-electron chi connectivity index (χ4n) is 7.01. The average molecular weight is 546 g/mol. The van der Waals surface area contributed by atoms with Crippen LogP contribution in [0.3, 0.4) is 0 Å². The van der Waals surface area contributed by atoms with E-state index in [1.54, 1.807) is 0 Å². The van der Waals surface area contributed by atoms with Gasteiger partial charge in [-0.1, -0.05) is 65.7 Å². The fourth-order valence-corrected chi connectivity index (χ4v) is 7.01. The molecule has 0 unspecified atom stereocenters. The molecule has 0 spiro atoms. The van der Waals surface area contributed by atoms with Crippen LogP contribution < -0.4 is 9.64 Å². The molecule has 1 heterocycles. The van der Waals surface area contributed by atoms with E-state index in [1.807, 2.05) is 93.6 Å². The summed E-state index contributed by atoms with van der Waals surface area (Å²) < 4.78 is 6.36. The molecule has 1 aliphatic heterocycles. The maximum Gasteiger partial charge on any atom is 0.266 e. The first-order valence-corrected chi connectivity index (χ1v) is 14.2. The third-order valence-electron chi connectivity index (χ3n) is 8.72. The molecule has 2 amide bonds. The minimum Gasteiger partial charge on any atom is -0.457 e. The molecule has 0 N–H and O–H groups in total. The Morgan fingerprint density at radius 2 is 1.07 bits per heavy atom. The second-order valence-electron chi connectivity index (χ2n) is 11.5. The summed E-state index contributed by atoms with van der Waals surface area (Å²) in [4.78, 5) is 29.6. The van der Waals surface area contributed by atoms with Gasteiger partial charge < -0.3 is 4.74 Å². The molecule has 7 aromatic rings. The third-order valence-corrected chi connectivity index (χ3v) is 8.72. The van der Waals surface area contributed by atoms with Gasteiger partial charge in [0.25, 0.3) is 11.8 Å². The zero-order valence-corrected chi connectivity index (χ0v) is 23.8. The van der Waals surface area contributed by atoms with Gasteiger partial charge >= 0.3 is 0 Å². The van der Waals surface area contributed by atoms with Crippen molar-refractivity contribution in [2.75, 3.05) is 4.90 Å². The van der Waals surface area contributed by atoms with Gasteiger partial charge in [0.15, 0.2) is 0 Å². The Morgan fingerprint density at radius 3 is 1.71 bits per heavy atom. The van der Waals surface area contributed by atoms with Gasteiger partial charge in [0, 0.05) is 27.3 Å². The lowest BCUT2D eigenvalue weighted by Gasteiger charge is -2.30. The standard InChI is InChI=1S/C38H27NO3/c1-20-8-10-24(11-9-20)42-32-17-16-26-28-13-15-31-35-30(14-12-27(34(28)35)25-6-5-7-29(32)33(25)26)37(40)39(38(31)41)36-22(3)18-21(2)19-23(36)4/h5-19H,1-4H3. The molecule has 4 heteroatoms. The van der Waals surface area contributed by atoms with Gasteiger partial charge in [-0.05, 0) is 102 Å². The van der Waals surface area contributed by atoms with Crippen LogP contribution in [0.1, 0.15) is 43.0 Å². The van der Waals surface area contributed by atoms with Crippen LogP contribution in [0.25, 0.3) is 43.1 Å². The van der Waals surface area contributed by atoms with Crippen LogP contribution in [0.2, 0.25) is 0 Å². The van der Waals surface area contributed by atoms with Crippen molar-refractivity contribution in [3.8, 4) is 11.5 Å². The summed E-state index contributed by atoms with van der Waals surface area (Å²) in [6, 6.07) is 30.3. The molecular weight excluding hydrogens is 518 g/mol. The van der Waals surface area contributed by atoms with E-state index in [0.29, 0.717) is 16.8 Å². The Bertz CT molecular complexity index is 2200. The minimum absolute atomic E-state index is 0.280. The SMILES string of the molecule is Cc1ccc(Oc2ccc3c4ccc5c6c(ccc(c7cccc2c73)c64)C(=O)N(c2c(C)cc(C)cc2C)C5=O)cc1. The highest BCUT2D eigenvalue weighted by atomic mass is 16.5. The van der Waals surface area contributed by atoms with Crippen molar-refractivity contribution in [2.45, 2.75) is 27.7 Å². The summed E-state index contributed by atoms with van der Waals surface area (Å²) in [5.41, 5.74) is 5.88. The number of anilines is 1. The van der Waals surface area contributed by atoms with E-state index in [2.05, 4.69) is 25.1 Å². The number of hydrogen-bond donors (Lipinski definition) is 0. The number of imide groups is 1. The Hall–Kier alpha value is -5.22. The first-order valence-electron chi connectivity index (χ1n) is 14.2. The predicted molar refractivity (Wildman–Crippen MR) is 171 cm³/mol. The molecule has 0 saturated carbocycles. The molecule has 0 saturated heterocycles. The van der Waals surface area contributed by atoms with Gasteiger partial charge in [0.1, 0.15) is 11.5 Å². The monoisotopic (exact) mass is 545 g/mol. The van der Waals surface area contributed by atoms with Crippen molar-refractivity contribution in [1.82, 2.24) is 0 Å². The molecule has 0 radical (unpaired) electrons. The second kappa shape index (κ2) is 8.64. The Kier molecular flexibility index (Phi) is 5.05. The summed E-state index contributed by atoms with van der Waals surface area (Å²) in [6.07, 6.45) is 0. The molecular formula is C38H27NO3. The molecule has 4 nitrogen and oxygen atoms in total. The minimum atomic E-state index is -0.280. The molecule has 0 atom stereocenters. The van der Waals surface area contributed by atoms with Crippen molar-refractivity contribution in [3.63, 3.8) is 0 Å². The number of carbonyl (C=O) groups excluding carboxylic acids is 2. The normalized spacial score (nSPS) is 13.3. The van der Waals surface area contributed by atoms with Gasteiger partial charge in [-0.3, -0.25) is 9.59 Å². The summed E-state index contributed by atoms with van der Waals surface area (Å²) >= 11 is 0. The molecule has 7 aromatic carbocycles. The molecule has 202 valence electrons. The predicted octanol–water partition coefficient (Wildman–Crippen LogP) is 9.56. The quantitative estimate of drug-likeness (QED) is 0.126. The van der Waals surface area contributed by atoms with E-state index in [-0.39, 0.29) is 11.8 Å². The lowest BCUT2D eigenvalue weighted by Crippen LogP contribution is -2.41. The largest absolute Gasteiger partial charge is 0.457 e. The molecule has 42 heavy (non-hydrogen) atoms. The van der Waals surface area contributed by atoms with Crippen LogP contribution in [-0.2, 0) is 0 Å². The highest BCUT2D eigenvalue weighted by Gasteiger charge is 2.36. The van der Waals surface area contributed by atoms with Crippen LogP contribution in [-0.4, -0.2) is 11.8 Å². The number of benzene rings is 7. The number of hydrogen-bond acceptors (Lipinski definition) is 3. The van der Waals surface area contributed by atoms with E-state index in [9.17, 15) is 9.59 Å². The van der Waals surface area contributed by atoms with Crippen LogP contribution in [0.15, 0.2) is 91.0 Å². The van der Waals surface area contributed by atoms with Gasteiger partial charge in [-0.25, -0.2) is 4.90 Å². The Balaban J connectivity index is 1.38. The molecule has 0 bridgehead atoms. The Labute approximate surface area is 243 Å². The van der Waals surface area contributed by atoms with Crippen molar-refractivity contribution in [1.29, 1.82) is 0 Å². The van der Waals surface area contributed by atoms with E-state index in [1.165, 1.54) is 10.5 Å². The summed E-state index contributed by atoms with van der Waals surface area (Å²) in [5, 5.41) is 8.01. The highest BCUT2D eigenvalue weighted by Crippen LogP contribution is 2.46. The number of amides is 2. The van der Waals surface area contributed by atoms with Crippen molar-refractivity contribution in [2.24, 2.45) is 0 Å². The third kappa shape index (κ3) is 3.29. The maximum absolute atomic E-state index is 14.1. The molecule has 1 aliphatic rings. The van der Waals surface area contributed by atoms with Crippen LogP contribution in [0.4, 0.5) is 5.69 Å².